The number of hydrogen-bond donors (Lipinski definition) is 1. The van der Waals surface area contributed by atoms with Crippen LogP contribution in [0.1, 0.15) is 19.5 Å². The number of fused-ring (bicyclic) bond motifs is 1. The maximum absolute atomic E-state index is 9.22. The number of pyridine rings is 1. The van der Waals surface area contributed by atoms with Gasteiger partial charge < -0.3 is 10.5 Å². The topological polar surface area (TPSA) is 76.3 Å². The molecule has 0 radical (unpaired) electrons. The van der Waals surface area contributed by atoms with E-state index in [0.717, 1.165) is 11.1 Å². The SMILES string of the molecule is CC(C)Oc1ccc(-c2nc(C#N)c3ccccn23)cc1N. The van der Waals surface area contributed by atoms with Gasteiger partial charge in [-0.25, -0.2) is 4.98 Å². The summed E-state index contributed by atoms with van der Waals surface area (Å²) in [6, 6.07) is 13.3. The molecule has 0 aliphatic heterocycles. The van der Waals surface area contributed by atoms with Gasteiger partial charge in [0.1, 0.15) is 17.6 Å². The van der Waals surface area contributed by atoms with Crippen molar-refractivity contribution in [3.8, 4) is 23.2 Å². The first kappa shape index (κ1) is 14.0. The van der Waals surface area contributed by atoms with Gasteiger partial charge in [0.05, 0.1) is 17.3 Å². The predicted molar refractivity (Wildman–Crippen MR) is 85.5 cm³/mol. The molecule has 3 aromatic rings. The fourth-order valence-corrected chi connectivity index (χ4v) is 2.37. The molecule has 0 aliphatic carbocycles. The van der Waals surface area contributed by atoms with Crippen LogP contribution < -0.4 is 10.5 Å². The zero-order valence-electron chi connectivity index (χ0n) is 12.4. The van der Waals surface area contributed by atoms with Gasteiger partial charge in [0.15, 0.2) is 5.69 Å². The molecule has 0 amide bonds. The van der Waals surface area contributed by atoms with E-state index in [0.29, 0.717) is 23.0 Å². The molecule has 0 atom stereocenters. The van der Waals surface area contributed by atoms with E-state index in [-0.39, 0.29) is 6.10 Å². The van der Waals surface area contributed by atoms with E-state index in [1.165, 1.54) is 0 Å². The lowest BCUT2D eigenvalue weighted by Gasteiger charge is -2.12. The summed E-state index contributed by atoms with van der Waals surface area (Å²) in [6.45, 7) is 3.91. The van der Waals surface area contributed by atoms with Crippen LogP contribution in [0.15, 0.2) is 42.6 Å². The Balaban J connectivity index is 2.12. The van der Waals surface area contributed by atoms with Crippen molar-refractivity contribution < 1.29 is 4.74 Å². The lowest BCUT2D eigenvalue weighted by atomic mass is 10.1. The highest BCUT2D eigenvalue weighted by Gasteiger charge is 2.13. The zero-order chi connectivity index (χ0) is 15.7. The summed E-state index contributed by atoms with van der Waals surface area (Å²) in [5.41, 5.74) is 8.64. The van der Waals surface area contributed by atoms with Gasteiger partial charge in [0, 0.05) is 11.8 Å². The first-order chi connectivity index (χ1) is 10.6. The summed E-state index contributed by atoms with van der Waals surface area (Å²) < 4.78 is 7.53. The van der Waals surface area contributed by atoms with Crippen LogP contribution in [0.25, 0.3) is 16.9 Å². The molecule has 0 aliphatic rings. The van der Waals surface area contributed by atoms with Crippen LogP contribution in [0, 0.1) is 11.3 Å². The number of nitrogens with two attached hydrogens (primary N) is 1. The van der Waals surface area contributed by atoms with Crippen molar-refractivity contribution in [3.63, 3.8) is 0 Å². The van der Waals surface area contributed by atoms with Crippen LogP contribution in [0.3, 0.4) is 0 Å². The Labute approximate surface area is 128 Å². The molecule has 5 nitrogen and oxygen atoms in total. The van der Waals surface area contributed by atoms with Crippen molar-refractivity contribution in [2.24, 2.45) is 0 Å². The molecule has 110 valence electrons. The third-order valence-corrected chi connectivity index (χ3v) is 3.28. The Morgan fingerprint density at radius 3 is 2.77 bits per heavy atom. The minimum Gasteiger partial charge on any atom is -0.489 e. The van der Waals surface area contributed by atoms with E-state index in [4.69, 9.17) is 10.5 Å². The highest BCUT2D eigenvalue weighted by atomic mass is 16.5. The van der Waals surface area contributed by atoms with Crippen molar-refractivity contribution in [2.45, 2.75) is 20.0 Å². The average molecular weight is 292 g/mol. The van der Waals surface area contributed by atoms with Crippen molar-refractivity contribution in [3.05, 3.63) is 48.3 Å². The number of imidazole rings is 1. The van der Waals surface area contributed by atoms with E-state index in [1.54, 1.807) is 0 Å². The summed E-state index contributed by atoms with van der Waals surface area (Å²) in [5.74, 6) is 1.34. The van der Waals surface area contributed by atoms with Crippen molar-refractivity contribution in [1.82, 2.24) is 9.38 Å². The largest absolute Gasteiger partial charge is 0.489 e. The number of ether oxygens (including phenoxy) is 1. The number of nitriles is 1. The normalized spacial score (nSPS) is 10.8. The molecule has 1 aromatic carbocycles. The Bertz CT molecular complexity index is 874. The van der Waals surface area contributed by atoms with Gasteiger partial charge in [-0.1, -0.05) is 6.07 Å². The number of anilines is 1. The summed E-state index contributed by atoms with van der Waals surface area (Å²) >= 11 is 0. The van der Waals surface area contributed by atoms with Gasteiger partial charge in [-0.2, -0.15) is 5.26 Å². The van der Waals surface area contributed by atoms with E-state index >= 15 is 0 Å². The van der Waals surface area contributed by atoms with Gasteiger partial charge in [-0.05, 0) is 44.2 Å². The lowest BCUT2D eigenvalue weighted by Crippen LogP contribution is -2.07. The molecule has 0 saturated heterocycles. The molecule has 2 N–H and O–H groups in total. The molecule has 3 rings (SSSR count). The van der Waals surface area contributed by atoms with Crippen LogP contribution >= 0.6 is 0 Å². The van der Waals surface area contributed by atoms with Gasteiger partial charge in [-0.15, -0.1) is 0 Å². The van der Waals surface area contributed by atoms with E-state index in [9.17, 15) is 5.26 Å². The first-order valence-corrected chi connectivity index (χ1v) is 7.04. The predicted octanol–water partition coefficient (Wildman–Crippen LogP) is 3.24. The number of benzene rings is 1. The first-order valence-electron chi connectivity index (χ1n) is 7.04. The van der Waals surface area contributed by atoms with Gasteiger partial charge in [-0.3, -0.25) is 4.40 Å². The monoisotopic (exact) mass is 292 g/mol. The molecule has 5 heteroatoms. The van der Waals surface area contributed by atoms with Crippen molar-refractivity contribution in [2.75, 3.05) is 5.73 Å². The third kappa shape index (κ3) is 2.35. The number of nitrogens with zero attached hydrogens (tertiary/aromatic N) is 3. The molecule has 2 heterocycles. The van der Waals surface area contributed by atoms with Gasteiger partial charge >= 0.3 is 0 Å². The summed E-state index contributed by atoms with van der Waals surface area (Å²) in [4.78, 5) is 4.42. The lowest BCUT2D eigenvalue weighted by molar-refractivity contribution is 0.244. The zero-order valence-corrected chi connectivity index (χ0v) is 12.4. The minimum atomic E-state index is 0.0607. The average Bonchev–Trinajstić information content (AvgIpc) is 2.88. The Morgan fingerprint density at radius 1 is 1.27 bits per heavy atom. The summed E-state index contributed by atoms with van der Waals surface area (Å²) in [5, 5.41) is 9.22. The summed E-state index contributed by atoms with van der Waals surface area (Å²) in [7, 11) is 0. The number of rotatable bonds is 3. The highest BCUT2D eigenvalue weighted by Crippen LogP contribution is 2.29. The van der Waals surface area contributed by atoms with Crippen molar-refractivity contribution >= 4 is 11.2 Å². The van der Waals surface area contributed by atoms with E-state index < -0.39 is 0 Å². The number of aromatic nitrogens is 2. The molecule has 0 fully saturated rings. The Hall–Kier alpha value is -3.00. The maximum atomic E-state index is 9.22. The second kappa shape index (κ2) is 5.41. The van der Waals surface area contributed by atoms with Crippen molar-refractivity contribution in [1.29, 1.82) is 5.26 Å². The number of hydrogen-bond acceptors (Lipinski definition) is 4. The minimum absolute atomic E-state index is 0.0607. The smallest absolute Gasteiger partial charge is 0.166 e. The molecular weight excluding hydrogens is 276 g/mol. The fourth-order valence-electron chi connectivity index (χ4n) is 2.37. The maximum Gasteiger partial charge on any atom is 0.166 e. The van der Waals surface area contributed by atoms with E-state index in [2.05, 4.69) is 11.1 Å². The molecule has 2 aromatic heterocycles. The van der Waals surface area contributed by atoms with Crippen LogP contribution in [0.4, 0.5) is 5.69 Å². The fraction of sp³-hybridized carbons (Fsp3) is 0.176. The molecular formula is C17H16N4O. The van der Waals surface area contributed by atoms with Gasteiger partial charge in [0.2, 0.25) is 0 Å². The molecule has 0 saturated carbocycles. The molecule has 0 bridgehead atoms. The van der Waals surface area contributed by atoms with Crippen LogP contribution in [0.5, 0.6) is 5.75 Å². The third-order valence-electron chi connectivity index (χ3n) is 3.28. The van der Waals surface area contributed by atoms with Crippen LogP contribution in [0.2, 0.25) is 0 Å². The number of nitrogen functional groups attached to an aromatic ring is 1. The Kier molecular flexibility index (Phi) is 3.43. The Morgan fingerprint density at radius 2 is 2.09 bits per heavy atom. The molecule has 0 spiro atoms. The second-order valence-electron chi connectivity index (χ2n) is 5.27. The quantitative estimate of drug-likeness (QED) is 0.752. The molecule has 0 unspecified atom stereocenters. The van der Waals surface area contributed by atoms with Crippen LogP contribution in [-0.4, -0.2) is 15.5 Å². The highest BCUT2D eigenvalue weighted by molar-refractivity contribution is 5.72. The molecule has 22 heavy (non-hydrogen) atoms. The van der Waals surface area contributed by atoms with Gasteiger partial charge in [0.25, 0.3) is 0 Å². The standard InChI is InChI=1S/C17H16N4O/c1-11(2)22-16-7-6-12(9-13(16)19)17-20-14(10-18)15-5-3-4-8-21(15)17/h3-9,11H,19H2,1-2H3. The van der Waals surface area contributed by atoms with E-state index in [1.807, 2.05) is 60.8 Å². The summed E-state index contributed by atoms with van der Waals surface area (Å²) in [6.07, 6.45) is 1.94. The second-order valence-corrected chi connectivity index (χ2v) is 5.27. The van der Waals surface area contributed by atoms with Crippen LogP contribution in [-0.2, 0) is 0 Å².